The Balaban J connectivity index is 2.03. The minimum absolute atomic E-state index is 1.08. The first kappa shape index (κ1) is 12.9. The zero-order valence-electron chi connectivity index (χ0n) is 10.7. The largest absolute Gasteiger partial charge is 0.369 e. The number of nitrogens with zero attached hydrogens (tertiary/aromatic N) is 2. The highest BCUT2D eigenvalue weighted by molar-refractivity contribution is 9.09. The molecule has 0 radical (unpaired) electrons. The zero-order chi connectivity index (χ0) is 12.3. The van der Waals surface area contributed by atoms with Crippen LogP contribution in [0.2, 0.25) is 0 Å². The predicted octanol–water partition coefficient (Wildman–Crippen LogP) is 2.82. The molecule has 0 amide bonds. The van der Waals surface area contributed by atoms with Crippen LogP contribution >= 0.6 is 15.9 Å². The van der Waals surface area contributed by atoms with E-state index in [2.05, 4.69) is 57.8 Å². The van der Waals surface area contributed by atoms with Crippen molar-refractivity contribution >= 4 is 21.6 Å². The summed E-state index contributed by atoms with van der Waals surface area (Å²) >= 11 is 3.51. The highest BCUT2D eigenvalue weighted by Crippen LogP contribution is 2.23. The van der Waals surface area contributed by atoms with E-state index in [0.717, 1.165) is 18.4 Å². The van der Waals surface area contributed by atoms with E-state index in [0.29, 0.717) is 0 Å². The third-order valence-corrected chi connectivity index (χ3v) is 4.04. The van der Waals surface area contributed by atoms with Crippen molar-refractivity contribution < 1.29 is 0 Å². The Morgan fingerprint density at radius 1 is 1.12 bits per heavy atom. The SMILES string of the molecule is Cc1cccc(N2CCN(CCBr)CC2)c1C. The molecule has 1 aliphatic rings. The summed E-state index contributed by atoms with van der Waals surface area (Å²) < 4.78 is 0. The third-order valence-electron chi connectivity index (χ3n) is 3.69. The number of hydrogen-bond donors (Lipinski definition) is 0. The van der Waals surface area contributed by atoms with Gasteiger partial charge in [0.1, 0.15) is 0 Å². The summed E-state index contributed by atoms with van der Waals surface area (Å²) in [5.74, 6) is 0. The molecule has 0 atom stereocenters. The van der Waals surface area contributed by atoms with Gasteiger partial charge in [-0.05, 0) is 31.0 Å². The number of anilines is 1. The lowest BCUT2D eigenvalue weighted by Crippen LogP contribution is -2.47. The molecule has 0 aromatic heterocycles. The minimum atomic E-state index is 1.08. The number of hydrogen-bond acceptors (Lipinski definition) is 2. The first-order chi connectivity index (χ1) is 8.22. The van der Waals surface area contributed by atoms with Crippen molar-refractivity contribution in [3.63, 3.8) is 0 Å². The van der Waals surface area contributed by atoms with Crippen LogP contribution < -0.4 is 4.90 Å². The second-order valence-electron chi connectivity index (χ2n) is 4.74. The van der Waals surface area contributed by atoms with E-state index in [4.69, 9.17) is 0 Å². The smallest absolute Gasteiger partial charge is 0.0399 e. The fourth-order valence-electron chi connectivity index (χ4n) is 2.41. The molecule has 2 nitrogen and oxygen atoms in total. The maximum atomic E-state index is 3.51. The van der Waals surface area contributed by atoms with Gasteiger partial charge in [0.25, 0.3) is 0 Å². The lowest BCUT2D eigenvalue weighted by Gasteiger charge is -2.36. The van der Waals surface area contributed by atoms with Crippen LogP contribution in [0.4, 0.5) is 5.69 Å². The van der Waals surface area contributed by atoms with Crippen molar-refractivity contribution in [3.05, 3.63) is 29.3 Å². The summed E-state index contributed by atoms with van der Waals surface area (Å²) in [4.78, 5) is 5.05. The first-order valence-electron chi connectivity index (χ1n) is 6.32. The van der Waals surface area contributed by atoms with Gasteiger partial charge < -0.3 is 4.90 Å². The molecular formula is C14H21BrN2. The summed E-state index contributed by atoms with van der Waals surface area (Å²) in [5, 5.41) is 1.08. The fraction of sp³-hybridized carbons (Fsp3) is 0.571. The number of benzene rings is 1. The molecule has 1 heterocycles. The van der Waals surface area contributed by atoms with Crippen molar-refractivity contribution in [2.75, 3.05) is 43.0 Å². The molecule has 0 spiro atoms. The second kappa shape index (κ2) is 5.87. The Morgan fingerprint density at radius 2 is 1.82 bits per heavy atom. The number of piperazine rings is 1. The van der Waals surface area contributed by atoms with Gasteiger partial charge in [-0.25, -0.2) is 0 Å². The molecule has 2 rings (SSSR count). The van der Waals surface area contributed by atoms with Crippen LogP contribution in [0.3, 0.4) is 0 Å². The average Bonchev–Trinajstić information content (AvgIpc) is 2.34. The Hall–Kier alpha value is -0.540. The van der Waals surface area contributed by atoms with Crippen molar-refractivity contribution in [3.8, 4) is 0 Å². The van der Waals surface area contributed by atoms with Gasteiger partial charge in [0.05, 0.1) is 0 Å². The van der Waals surface area contributed by atoms with Crippen LogP contribution in [-0.2, 0) is 0 Å². The molecular weight excluding hydrogens is 276 g/mol. The van der Waals surface area contributed by atoms with E-state index < -0.39 is 0 Å². The maximum Gasteiger partial charge on any atom is 0.0399 e. The summed E-state index contributed by atoms with van der Waals surface area (Å²) in [6.07, 6.45) is 0. The molecule has 17 heavy (non-hydrogen) atoms. The van der Waals surface area contributed by atoms with E-state index >= 15 is 0 Å². The van der Waals surface area contributed by atoms with Gasteiger partial charge in [-0.1, -0.05) is 28.1 Å². The van der Waals surface area contributed by atoms with Crippen molar-refractivity contribution in [1.82, 2.24) is 4.90 Å². The van der Waals surface area contributed by atoms with E-state index in [-0.39, 0.29) is 0 Å². The molecule has 0 N–H and O–H groups in total. The molecule has 1 aliphatic heterocycles. The number of aryl methyl sites for hydroxylation is 1. The van der Waals surface area contributed by atoms with E-state index in [1.165, 1.54) is 36.4 Å². The third kappa shape index (κ3) is 3.02. The van der Waals surface area contributed by atoms with Crippen LogP contribution in [-0.4, -0.2) is 43.0 Å². The highest BCUT2D eigenvalue weighted by Gasteiger charge is 2.17. The van der Waals surface area contributed by atoms with Crippen LogP contribution in [0.5, 0.6) is 0 Å². The van der Waals surface area contributed by atoms with Crippen molar-refractivity contribution in [2.45, 2.75) is 13.8 Å². The second-order valence-corrected chi connectivity index (χ2v) is 5.53. The van der Waals surface area contributed by atoms with Crippen LogP contribution in [0.1, 0.15) is 11.1 Å². The van der Waals surface area contributed by atoms with Gasteiger partial charge in [0, 0.05) is 43.7 Å². The summed E-state index contributed by atoms with van der Waals surface area (Å²) in [7, 11) is 0. The monoisotopic (exact) mass is 296 g/mol. The molecule has 1 fully saturated rings. The van der Waals surface area contributed by atoms with Crippen molar-refractivity contribution in [2.24, 2.45) is 0 Å². The lowest BCUT2D eigenvalue weighted by molar-refractivity contribution is 0.274. The number of alkyl halides is 1. The molecule has 94 valence electrons. The van der Waals surface area contributed by atoms with E-state index in [9.17, 15) is 0 Å². The lowest BCUT2D eigenvalue weighted by atomic mass is 10.1. The van der Waals surface area contributed by atoms with Crippen molar-refractivity contribution in [1.29, 1.82) is 0 Å². The molecule has 0 aliphatic carbocycles. The fourth-order valence-corrected chi connectivity index (χ4v) is 2.91. The highest BCUT2D eigenvalue weighted by atomic mass is 79.9. The van der Waals surface area contributed by atoms with Crippen LogP contribution in [0.15, 0.2) is 18.2 Å². The Morgan fingerprint density at radius 3 is 2.47 bits per heavy atom. The predicted molar refractivity (Wildman–Crippen MR) is 78.4 cm³/mol. The van der Waals surface area contributed by atoms with Gasteiger partial charge in [-0.3, -0.25) is 4.90 Å². The average molecular weight is 297 g/mol. The first-order valence-corrected chi connectivity index (χ1v) is 7.44. The molecule has 1 aromatic rings. The van der Waals surface area contributed by atoms with E-state index in [1.807, 2.05) is 0 Å². The van der Waals surface area contributed by atoms with Gasteiger partial charge >= 0.3 is 0 Å². The zero-order valence-corrected chi connectivity index (χ0v) is 12.3. The van der Waals surface area contributed by atoms with Gasteiger partial charge in [0.2, 0.25) is 0 Å². The van der Waals surface area contributed by atoms with Gasteiger partial charge in [-0.2, -0.15) is 0 Å². The molecule has 0 saturated carbocycles. The van der Waals surface area contributed by atoms with Gasteiger partial charge in [-0.15, -0.1) is 0 Å². The summed E-state index contributed by atoms with van der Waals surface area (Å²) in [5.41, 5.74) is 4.25. The minimum Gasteiger partial charge on any atom is -0.369 e. The topological polar surface area (TPSA) is 6.48 Å². The van der Waals surface area contributed by atoms with E-state index in [1.54, 1.807) is 0 Å². The molecule has 0 unspecified atom stereocenters. The number of rotatable bonds is 3. The summed E-state index contributed by atoms with van der Waals surface area (Å²) in [6.45, 7) is 10.3. The van der Waals surface area contributed by atoms with Gasteiger partial charge in [0.15, 0.2) is 0 Å². The quantitative estimate of drug-likeness (QED) is 0.792. The Labute approximate surface area is 113 Å². The maximum absolute atomic E-state index is 3.51. The van der Waals surface area contributed by atoms with Crippen LogP contribution in [0, 0.1) is 13.8 Å². The molecule has 1 saturated heterocycles. The molecule has 1 aromatic carbocycles. The van der Waals surface area contributed by atoms with Crippen LogP contribution in [0.25, 0.3) is 0 Å². The Bertz CT molecular complexity index is 370. The molecule has 3 heteroatoms. The normalized spacial score (nSPS) is 17.5. The summed E-state index contributed by atoms with van der Waals surface area (Å²) in [6, 6.07) is 6.62. The Kier molecular flexibility index (Phi) is 4.46. The number of halogens is 1. The molecule has 0 bridgehead atoms. The standard InChI is InChI=1S/C14H21BrN2/c1-12-4-3-5-14(13(12)2)17-10-8-16(7-6-15)9-11-17/h3-5H,6-11H2,1-2H3.